The van der Waals surface area contributed by atoms with Crippen LogP contribution in [0.25, 0.3) is 10.9 Å². The summed E-state index contributed by atoms with van der Waals surface area (Å²) >= 11 is 0. The van der Waals surface area contributed by atoms with Gasteiger partial charge in [0.2, 0.25) is 0 Å². The fourth-order valence-corrected chi connectivity index (χ4v) is 3.36. The Kier molecular flexibility index (Phi) is 4.34. The summed E-state index contributed by atoms with van der Waals surface area (Å²) in [6, 6.07) is 9.72. The van der Waals surface area contributed by atoms with Crippen molar-refractivity contribution < 1.29 is 9.90 Å². The molecule has 6 heteroatoms. The first-order chi connectivity index (χ1) is 12.6. The number of aromatic nitrogens is 3. The number of nitrogens with one attached hydrogen (secondary N) is 1. The van der Waals surface area contributed by atoms with E-state index in [1.807, 2.05) is 31.2 Å². The van der Waals surface area contributed by atoms with Crippen molar-refractivity contribution in [3.63, 3.8) is 0 Å². The molecule has 1 aliphatic rings. The molecule has 1 fully saturated rings. The Balaban J connectivity index is 1.63. The lowest BCUT2D eigenvalue weighted by Gasteiger charge is -2.38. The molecule has 0 aliphatic heterocycles. The van der Waals surface area contributed by atoms with Crippen molar-refractivity contribution in [1.82, 2.24) is 20.3 Å². The van der Waals surface area contributed by atoms with Gasteiger partial charge >= 0.3 is 0 Å². The number of rotatable bonds is 4. The number of nitrogens with zero attached hydrogens (tertiary/aromatic N) is 3. The highest BCUT2D eigenvalue weighted by Crippen LogP contribution is 2.38. The molecule has 1 atom stereocenters. The fourth-order valence-electron chi connectivity index (χ4n) is 3.36. The van der Waals surface area contributed by atoms with Crippen LogP contribution in [-0.4, -0.2) is 32.1 Å². The first kappa shape index (κ1) is 16.6. The number of fused-ring (bicyclic) bond motifs is 1. The lowest BCUT2D eigenvalue weighted by Crippen LogP contribution is -2.41. The van der Waals surface area contributed by atoms with Crippen LogP contribution in [0, 0.1) is 12.8 Å². The molecule has 2 heterocycles. The average Bonchev–Trinajstić information content (AvgIpc) is 2.64. The van der Waals surface area contributed by atoms with E-state index < -0.39 is 0 Å². The second kappa shape index (κ2) is 6.80. The Labute approximate surface area is 151 Å². The van der Waals surface area contributed by atoms with Crippen LogP contribution < -0.4 is 5.32 Å². The van der Waals surface area contributed by atoms with Crippen molar-refractivity contribution in [1.29, 1.82) is 0 Å². The Hall–Kier alpha value is -2.86. The summed E-state index contributed by atoms with van der Waals surface area (Å²) in [5.74, 6) is -0.0904. The van der Waals surface area contributed by atoms with Crippen LogP contribution in [0.1, 0.15) is 40.6 Å². The number of amides is 1. The molecule has 3 aromatic rings. The van der Waals surface area contributed by atoms with E-state index in [4.69, 9.17) is 0 Å². The number of benzene rings is 1. The molecule has 2 aromatic heterocycles. The van der Waals surface area contributed by atoms with Gasteiger partial charge in [-0.3, -0.25) is 14.8 Å². The third-order valence-electron chi connectivity index (χ3n) is 4.89. The predicted molar refractivity (Wildman–Crippen MR) is 97.5 cm³/mol. The Bertz CT molecular complexity index is 936. The quantitative estimate of drug-likeness (QED) is 0.756. The second-order valence-corrected chi connectivity index (χ2v) is 6.84. The minimum atomic E-state index is -0.299. The van der Waals surface area contributed by atoms with E-state index in [9.17, 15) is 9.90 Å². The number of aryl methyl sites for hydroxylation is 1. The number of carbonyl (C=O) groups excluding carboxylic acids is 1. The lowest BCUT2D eigenvalue weighted by molar-refractivity contribution is 0.0234. The average molecular weight is 348 g/mol. The maximum Gasteiger partial charge on any atom is 0.271 e. The van der Waals surface area contributed by atoms with E-state index >= 15 is 0 Å². The molecular formula is C20H20N4O2. The summed E-state index contributed by atoms with van der Waals surface area (Å²) in [5, 5.41) is 13.8. The van der Waals surface area contributed by atoms with Gasteiger partial charge < -0.3 is 10.4 Å². The van der Waals surface area contributed by atoms with Gasteiger partial charge in [0.05, 0.1) is 29.6 Å². The number of hydrogen-bond acceptors (Lipinski definition) is 5. The monoisotopic (exact) mass is 348 g/mol. The van der Waals surface area contributed by atoms with E-state index in [2.05, 4.69) is 26.3 Å². The van der Waals surface area contributed by atoms with Gasteiger partial charge in [-0.15, -0.1) is 0 Å². The van der Waals surface area contributed by atoms with Gasteiger partial charge in [-0.1, -0.05) is 18.2 Å². The summed E-state index contributed by atoms with van der Waals surface area (Å²) in [6.45, 7) is 1.83. The first-order valence-corrected chi connectivity index (χ1v) is 8.72. The molecule has 0 radical (unpaired) electrons. The van der Waals surface area contributed by atoms with Crippen LogP contribution in [0.15, 0.2) is 48.9 Å². The molecule has 0 spiro atoms. The van der Waals surface area contributed by atoms with Crippen LogP contribution in [0.3, 0.4) is 0 Å². The minimum Gasteiger partial charge on any atom is -0.393 e. The van der Waals surface area contributed by atoms with Crippen molar-refractivity contribution in [2.75, 3.05) is 0 Å². The lowest BCUT2D eigenvalue weighted by atomic mass is 9.75. The zero-order valence-corrected chi connectivity index (χ0v) is 14.5. The zero-order chi connectivity index (χ0) is 18.1. The minimum absolute atomic E-state index is 0.176. The van der Waals surface area contributed by atoms with E-state index in [-0.39, 0.29) is 29.7 Å². The maximum atomic E-state index is 12.6. The molecule has 2 N–H and O–H groups in total. The highest BCUT2D eigenvalue weighted by molar-refractivity contribution is 5.92. The predicted octanol–water partition coefficient (Wildman–Crippen LogP) is 2.58. The van der Waals surface area contributed by atoms with Crippen LogP contribution in [-0.2, 0) is 0 Å². The number of aliphatic hydroxyl groups is 1. The number of para-hydroxylation sites is 1. The largest absolute Gasteiger partial charge is 0.393 e. The highest BCUT2D eigenvalue weighted by atomic mass is 16.3. The van der Waals surface area contributed by atoms with Crippen LogP contribution in [0.5, 0.6) is 0 Å². The van der Waals surface area contributed by atoms with Crippen molar-refractivity contribution in [2.45, 2.75) is 31.9 Å². The van der Waals surface area contributed by atoms with Gasteiger partial charge in [-0.2, -0.15) is 0 Å². The Morgan fingerprint density at radius 1 is 1.15 bits per heavy atom. The molecule has 1 amide bonds. The third-order valence-corrected chi connectivity index (χ3v) is 4.89. The van der Waals surface area contributed by atoms with Crippen molar-refractivity contribution >= 4 is 16.8 Å². The standard InChI is InChI=1S/C20H20N4O2/c1-12-9-22-18(11-21-12)20(26)24-19(14-7-16(25)8-14)15-6-13-4-2-3-5-17(13)23-10-15/h2-6,9-11,14,16,19,25H,7-8H2,1H3,(H,24,26). The van der Waals surface area contributed by atoms with Crippen molar-refractivity contribution in [2.24, 2.45) is 5.92 Å². The molecule has 4 rings (SSSR count). The van der Waals surface area contributed by atoms with Gasteiger partial charge in [0.25, 0.3) is 5.91 Å². The third kappa shape index (κ3) is 3.28. The molecule has 1 aliphatic carbocycles. The summed E-state index contributed by atoms with van der Waals surface area (Å²) < 4.78 is 0. The van der Waals surface area contributed by atoms with E-state index in [1.54, 1.807) is 12.4 Å². The molecule has 1 unspecified atom stereocenters. The molecule has 26 heavy (non-hydrogen) atoms. The van der Waals surface area contributed by atoms with E-state index in [1.165, 1.54) is 6.20 Å². The summed E-state index contributed by atoms with van der Waals surface area (Å²) in [7, 11) is 0. The zero-order valence-electron chi connectivity index (χ0n) is 14.5. The topological polar surface area (TPSA) is 88.0 Å². The summed E-state index contributed by atoms with van der Waals surface area (Å²) in [4.78, 5) is 25.4. The van der Waals surface area contributed by atoms with Crippen molar-refractivity contribution in [3.05, 3.63) is 65.9 Å². The smallest absolute Gasteiger partial charge is 0.271 e. The van der Waals surface area contributed by atoms with Crippen molar-refractivity contribution in [3.8, 4) is 0 Å². The molecule has 0 bridgehead atoms. The molecule has 1 aromatic carbocycles. The van der Waals surface area contributed by atoms with E-state index in [0.717, 1.165) is 22.2 Å². The van der Waals surface area contributed by atoms with Gasteiger partial charge in [0.15, 0.2) is 0 Å². The molecule has 132 valence electrons. The van der Waals surface area contributed by atoms with Gasteiger partial charge in [-0.25, -0.2) is 4.98 Å². The first-order valence-electron chi connectivity index (χ1n) is 8.72. The maximum absolute atomic E-state index is 12.6. The number of hydrogen-bond donors (Lipinski definition) is 2. The summed E-state index contributed by atoms with van der Waals surface area (Å²) in [5.41, 5.74) is 2.90. The fraction of sp³-hybridized carbons (Fsp3) is 0.300. The normalized spacial score (nSPS) is 20.4. The Morgan fingerprint density at radius 2 is 1.96 bits per heavy atom. The highest BCUT2D eigenvalue weighted by Gasteiger charge is 2.36. The van der Waals surface area contributed by atoms with Crippen LogP contribution in [0.4, 0.5) is 0 Å². The number of aliphatic hydroxyl groups excluding tert-OH is 1. The van der Waals surface area contributed by atoms with Gasteiger partial charge in [0, 0.05) is 17.8 Å². The molecule has 1 saturated carbocycles. The van der Waals surface area contributed by atoms with Crippen LogP contribution in [0.2, 0.25) is 0 Å². The Morgan fingerprint density at radius 3 is 2.69 bits per heavy atom. The van der Waals surface area contributed by atoms with E-state index in [0.29, 0.717) is 12.8 Å². The van der Waals surface area contributed by atoms with Gasteiger partial charge in [0.1, 0.15) is 5.69 Å². The molecule has 6 nitrogen and oxygen atoms in total. The number of pyridine rings is 1. The van der Waals surface area contributed by atoms with Gasteiger partial charge in [-0.05, 0) is 43.4 Å². The SMILES string of the molecule is Cc1cnc(C(=O)NC(c2cnc3ccccc3c2)C2CC(O)C2)cn1. The second-order valence-electron chi connectivity index (χ2n) is 6.84. The molecule has 0 saturated heterocycles. The molecular weight excluding hydrogens is 328 g/mol. The van der Waals surface area contributed by atoms with Crippen LogP contribution >= 0.6 is 0 Å². The number of carbonyl (C=O) groups is 1. The summed E-state index contributed by atoms with van der Waals surface area (Å²) in [6.07, 6.45) is 5.89.